The summed E-state index contributed by atoms with van der Waals surface area (Å²) in [6.45, 7) is 0.514. The van der Waals surface area contributed by atoms with E-state index in [9.17, 15) is 9.59 Å². The number of amides is 2. The molecule has 7 nitrogen and oxygen atoms in total. The van der Waals surface area contributed by atoms with Crippen LogP contribution in [0.3, 0.4) is 0 Å². The Kier molecular flexibility index (Phi) is 6.95. The van der Waals surface area contributed by atoms with Gasteiger partial charge in [0.15, 0.2) is 0 Å². The molecule has 0 spiro atoms. The van der Waals surface area contributed by atoms with Gasteiger partial charge in [-0.05, 0) is 24.9 Å². The standard InChI is InChI=1S/C17H25N3O4S/c1-23-12-8-11(9-13(10-12)24-2)20-6-4-15(17(20)22)19-16(21)14(18)5-7-25-3/h8-10,14-15H,4-7,18H2,1-3H3,(H,19,21)/t14-,15?/m0/s1. The van der Waals surface area contributed by atoms with Crippen LogP contribution >= 0.6 is 11.8 Å². The summed E-state index contributed by atoms with van der Waals surface area (Å²) in [5.41, 5.74) is 6.55. The molecule has 1 aromatic rings. The Balaban J connectivity index is 2.05. The summed E-state index contributed by atoms with van der Waals surface area (Å²) in [5.74, 6) is 1.59. The Morgan fingerprint density at radius 1 is 1.36 bits per heavy atom. The molecule has 0 aliphatic carbocycles. The normalized spacial score (nSPS) is 18.2. The molecule has 1 fully saturated rings. The molecular weight excluding hydrogens is 342 g/mol. The molecule has 2 amide bonds. The van der Waals surface area contributed by atoms with E-state index in [2.05, 4.69) is 5.32 Å². The number of hydrogen-bond acceptors (Lipinski definition) is 6. The van der Waals surface area contributed by atoms with E-state index in [1.54, 1.807) is 49.1 Å². The second kappa shape index (κ2) is 8.96. The summed E-state index contributed by atoms with van der Waals surface area (Å²) >= 11 is 1.64. The van der Waals surface area contributed by atoms with Crippen molar-refractivity contribution in [1.82, 2.24) is 5.32 Å². The highest BCUT2D eigenvalue weighted by molar-refractivity contribution is 7.98. The third-order valence-corrected chi connectivity index (χ3v) is 4.78. The molecule has 1 aliphatic rings. The van der Waals surface area contributed by atoms with Crippen molar-refractivity contribution in [3.63, 3.8) is 0 Å². The maximum atomic E-state index is 12.7. The Bertz CT molecular complexity index is 604. The second-order valence-electron chi connectivity index (χ2n) is 5.80. The number of thioether (sulfide) groups is 1. The first kappa shape index (κ1) is 19.4. The van der Waals surface area contributed by atoms with Gasteiger partial charge < -0.3 is 25.4 Å². The van der Waals surface area contributed by atoms with Gasteiger partial charge in [0.2, 0.25) is 11.8 Å². The SMILES string of the molecule is COc1cc(OC)cc(N2CCC(NC(=O)[C@@H](N)CCSC)C2=O)c1. The molecule has 1 unspecified atom stereocenters. The highest BCUT2D eigenvalue weighted by atomic mass is 32.2. The molecule has 0 aromatic heterocycles. The minimum atomic E-state index is -0.591. The van der Waals surface area contributed by atoms with E-state index < -0.39 is 12.1 Å². The largest absolute Gasteiger partial charge is 0.497 e. The van der Waals surface area contributed by atoms with Crippen LogP contribution in [0.15, 0.2) is 18.2 Å². The van der Waals surface area contributed by atoms with Gasteiger partial charge in [0.05, 0.1) is 25.9 Å². The van der Waals surface area contributed by atoms with E-state index >= 15 is 0 Å². The fourth-order valence-corrected chi connectivity index (χ4v) is 3.16. The van der Waals surface area contributed by atoms with Crippen molar-refractivity contribution >= 4 is 29.3 Å². The lowest BCUT2D eigenvalue weighted by Gasteiger charge is -2.19. The van der Waals surface area contributed by atoms with Crippen molar-refractivity contribution in [3.8, 4) is 11.5 Å². The number of ether oxygens (including phenoxy) is 2. The first-order chi connectivity index (χ1) is 12.0. The van der Waals surface area contributed by atoms with Gasteiger partial charge in [-0.15, -0.1) is 0 Å². The van der Waals surface area contributed by atoms with Crippen molar-refractivity contribution in [2.75, 3.05) is 37.7 Å². The molecule has 2 rings (SSSR count). The lowest BCUT2D eigenvalue weighted by molar-refractivity contribution is -0.127. The minimum absolute atomic E-state index is 0.152. The predicted molar refractivity (Wildman–Crippen MR) is 99.4 cm³/mol. The highest BCUT2D eigenvalue weighted by Gasteiger charge is 2.34. The van der Waals surface area contributed by atoms with Crippen LogP contribution in [-0.4, -0.2) is 56.7 Å². The smallest absolute Gasteiger partial charge is 0.249 e. The number of nitrogens with one attached hydrogen (secondary N) is 1. The molecule has 0 radical (unpaired) electrons. The van der Waals surface area contributed by atoms with Crippen molar-refractivity contribution in [2.45, 2.75) is 24.9 Å². The zero-order valence-corrected chi connectivity index (χ0v) is 15.6. The summed E-state index contributed by atoms with van der Waals surface area (Å²) in [4.78, 5) is 26.4. The van der Waals surface area contributed by atoms with Gasteiger partial charge in [-0.25, -0.2) is 0 Å². The average Bonchev–Trinajstić information content (AvgIpc) is 2.99. The van der Waals surface area contributed by atoms with Crippen LogP contribution in [0.4, 0.5) is 5.69 Å². The second-order valence-corrected chi connectivity index (χ2v) is 6.78. The van der Waals surface area contributed by atoms with Crippen molar-refractivity contribution < 1.29 is 19.1 Å². The quantitative estimate of drug-likeness (QED) is 0.712. The lowest BCUT2D eigenvalue weighted by atomic mass is 10.2. The fourth-order valence-electron chi connectivity index (χ4n) is 2.67. The van der Waals surface area contributed by atoms with E-state index in [0.29, 0.717) is 36.6 Å². The molecule has 25 heavy (non-hydrogen) atoms. The van der Waals surface area contributed by atoms with E-state index in [0.717, 1.165) is 5.75 Å². The maximum absolute atomic E-state index is 12.7. The number of nitrogens with zero attached hydrogens (tertiary/aromatic N) is 1. The number of hydrogen-bond donors (Lipinski definition) is 2. The Labute approximate surface area is 152 Å². The first-order valence-electron chi connectivity index (χ1n) is 8.09. The molecule has 8 heteroatoms. The van der Waals surface area contributed by atoms with Gasteiger partial charge in [-0.3, -0.25) is 9.59 Å². The van der Waals surface area contributed by atoms with E-state index in [4.69, 9.17) is 15.2 Å². The molecule has 1 aliphatic heterocycles. The van der Waals surface area contributed by atoms with Crippen LogP contribution in [0.25, 0.3) is 0 Å². The fraction of sp³-hybridized carbons (Fsp3) is 0.529. The third-order valence-electron chi connectivity index (χ3n) is 4.14. The Hall–Kier alpha value is -1.93. The van der Waals surface area contributed by atoms with E-state index in [1.165, 1.54) is 0 Å². The van der Waals surface area contributed by atoms with Crippen LogP contribution in [0.2, 0.25) is 0 Å². The van der Waals surface area contributed by atoms with E-state index in [-0.39, 0.29) is 11.8 Å². The van der Waals surface area contributed by atoms with Crippen LogP contribution < -0.4 is 25.4 Å². The maximum Gasteiger partial charge on any atom is 0.249 e. The molecule has 1 heterocycles. The zero-order valence-electron chi connectivity index (χ0n) is 14.8. The van der Waals surface area contributed by atoms with Crippen LogP contribution in [-0.2, 0) is 9.59 Å². The molecule has 3 N–H and O–H groups in total. The molecular formula is C17H25N3O4S. The summed E-state index contributed by atoms with van der Waals surface area (Å²) in [6.07, 6.45) is 3.09. The molecule has 0 saturated carbocycles. The van der Waals surface area contributed by atoms with E-state index in [1.807, 2.05) is 6.26 Å². The van der Waals surface area contributed by atoms with Crippen LogP contribution in [0.1, 0.15) is 12.8 Å². The van der Waals surface area contributed by atoms with Gasteiger partial charge in [-0.1, -0.05) is 0 Å². The number of nitrogens with two attached hydrogens (primary N) is 1. The van der Waals surface area contributed by atoms with Gasteiger partial charge in [0.1, 0.15) is 17.5 Å². The summed E-state index contributed by atoms with van der Waals surface area (Å²) in [7, 11) is 3.12. The number of carbonyl (C=O) groups is 2. The molecule has 2 atom stereocenters. The predicted octanol–water partition coefficient (Wildman–Crippen LogP) is 1.01. The molecule has 1 saturated heterocycles. The van der Waals surface area contributed by atoms with Crippen LogP contribution in [0.5, 0.6) is 11.5 Å². The lowest BCUT2D eigenvalue weighted by Crippen LogP contribution is -2.48. The van der Waals surface area contributed by atoms with Gasteiger partial charge in [0, 0.05) is 24.7 Å². The number of anilines is 1. The molecule has 0 bridgehead atoms. The monoisotopic (exact) mass is 367 g/mol. The zero-order chi connectivity index (χ0) is 18.4. The number of benzene rings is 1. The van der Waals surface area contributed by atoms with Crippen molar-refractivity contribution in [1.29, 1.82) is 0 Å². The molecule has 138 valence electrons. The summed E-state index contributed by atoms with van der Waals surface area (Å²) in [5, 5.41) is 2.77. The highest BCUT2D eigenvalue weighted by Crippen LogP contribution is 2.30. The molecule has 1 aromatic carbocycles. The van der Waals surface area contributed by atoms with Gasteiger partial charge in [-0.2, -0.15) is 11.8 Å². The Morgan fingerprint density at radius 3 is 2.56 bits per heavy atom. The first-order valence-corrected chi connectivity index (χ1v) is 9.49. The van der Waals surface area contributed by atoms with Crippen molar-refractivity contribution in [3.05, 3.63) is 18.2 Å². The summed E-state index contributed by atoms with van der Waals surface area (Å²) in [6, 6.07) is 4.15. The van der Waals surface area contributed by atoms with Crippen LogP contribution in [0, 0.1) is 0 Å². The Morgan fingerprint density at radius 2 is 2.00 bits per heavy atom. The van der Waals surface area contributed by atoms with Crippen molar-refractivity contribution in [2.24, 2.45) is 5.73 Å². The average molecular weight is 367 g/mol. The number of methoxy groups -OCH3 is 2. The number of rotatable bonds is 8. The summed E-state index contributed by atoms with van der Waals surface area (Å²) < 4.78 is 10.5. The third kappa shape index (κ3) is 4.79. The number of carbonyl (C=O) groups excluding carboxylic acids is 2. The minimum Gasteiger partial charge on any atom is -0.497 e. The van der Waals surface area contributed by atoms with Gasteiger partial charge >= 0.3 is 0 Å². The topological polar surface area (TPSA) is 93.9 Å². The van der Waals surface area contributed by atoms with Gasteiger partial charge in [0.25, 0.3) is 0 Å².